The summed E-state index contributed by atoms with van der Waals surface area (Å²) in [6, 6.07) is 3.98. The molecule has 1 amide bonds. The summed E-state index contributed by atoms with van der Waals surface area (Å²) in [4.78, 5) is 11.5. The lowest BCUT2D eigenvalue weighted by atomic mass is 10.3. The summed E-state index contributed by atoms with van der Waals surface area (Å²) >= 11 is 0. The standard InChI is InChI=1S/C13H18FNO3/c1-3-7-17-9-13(16)15-11-6-5-10(14)8-12(11)18-4-2/h5-6,8H,3-4,7,9H2,1-2H3,(H,15,16). The molecule has 0 heterocycles. The summed E-state index contributed by atoms with van der Waals surface area (Å²) < 4.78 is 23.4. The molecule has 0 saturated carbocycles. The van der Waals surface area contributed by atoms with E-state index in [2.05, 4.69) is 5.32 Å². The molecule has 0 atom stereocenters. The van der Waals surface area contributed by atoms with Crippen molar-refractivity contribution in [1.82, 2.24) is 0 Å². The van der Waals surface area contributed by atoms with Gasteiger partial charge in [-0.3, -0.25) is 4.79 Å². The number of hydrogen-bond acceptors (Lipinski definition) is 3. The molecular formula is C13H18FNO3. The number of ether oxygens (including phenoxy) is 2. The predicted molar refractivity (Wildman–Crippen MR) is 67.3 cm³/mol. The highest BCUT2D eigenvalue weighted by Crippen LogP contribution is 2.25. The van der Waals surface area contributed by atoms with Crippen molar-refractivity contribution >= 4 is 11.6 Å². The summed E-state index contributed by atoms with van der Waals surface area (Å²) in [6.45, 7) is 4.68. The number of carbonyl (C=O) groups is 1. The third-order valence-electron chi connectivity index (χ3n) is 2.10. The van der Waals surface area contributed by atoms with Crippen LogP contribution < -0.4 is 10.1 Å². The number of hydrogen-bond donors (Lipinski definition) is 1. The van der Waals surface area contributed by atoms with Gasteiger partial charge < -0.3 is 14.8 Å². The molecule has 18 heavy (non-hydrogen) atoms. The van der Waals surface area contributed by atoms with Crippen molar-refractivity contribution in [3.63, 3.8) is 0 Å². The number of amides is 1. The molecule has 0 fully saturated rings. The molecule has 0 aliphatic rings. The van der Waals surface area contributed by atoms with Gasteiger partial charge in [0.05, 0.1) is 12.3 Å². The van der Waals surface area contributed by atoms with Crippen LogP contribution in [0.5, 0.6) is 5.75 Å². The first-order valence-electron chi connectivity index (χ1n) is 5.97. The topological polar surface area (TPSA) is 47.6 Å². The van der Waals surface area contributed by atoms with Gasteiger partial charge in [0.2, 0.25) is 5.91 Å². The van der Waals surface area contributed by atoms with Crippen molar-refractivity contribution < 1.29 is 18.7 Å². The van der Waals surface area contributed by atoms with Gasteiger partial charge in [-0.25, -0.2) is 4.39 Å². The zero-order chi connectivity index (χ0) is 13.4. The van der Waals surface area contributed by atoms with E-state index in [1.54, 1.807) is 6.92 Å². The van der Waals surface area contributed by atoms with Crippen LogP contribution in [-0.4, -0.2) is 25.7 Å². The SMILES string of the molecule is CCCOCC(=O)Nc1ccc(F)cc1OCC. The van der Waals surface area contributed by atoms with Crippen LogP contribution in [0.1, 0.15) is 20.3 Å². The van der Waals surface area contributed by atoms with Crippen LogP contribution in [0.2, 0.25) is 0 Å². The molecule has 1 aromatic carbocycles. The van der Waals surface area contributed by atoms with Crippen LogP contribution in [0.25, 0.3) is 0 Å². The summed E-state index contributed by atoms with van der Waals surface area (Å²) in [7, 11) is 0. The van der Waals surface area contributed by atoms with Crippen LogP contribution in [0.3, 0.4) is 0 Å². The Morgan fingerprint density at radius 2 is 2.17 bits per heavy atom. The zero-order valence-corrected chi connectivity index (χ0v) is 10.7. The maximum absolute atomic E-state index is 13.0. The Bertz CT molecular complexity index is 396. The van der Waals surface area contributed by atoms with E-state index < -0.39 is 5.82 Å². The van der Waals surface area contributed by atoms with Crippen molar-refractivity contribution in [1.29, 1.82) is 0 Å². The van der Waals surface area contributed by atoms with Gasteiger partial charge in [0.25, 0.3) is 0 Å². The third kappa shape index (κ3) is 4.71. The third-order valence-corrected chi connectivity index (χ3v) is 2.10. The van der Waals surface area contributed by atoms with Gasteiger partial charge in [-0.1, -0.05) is 6.92 Å². The number of halogens is 1. The summed E-state index contributed by atoms with van der Waals surface area (Å²) in [6.07, 6.45) is 0.855. The van der Waals surface area contributed by atoms with E-state index in [9.17, 15) is 9.18 Å². The number of rotatable bonds is 7. The fraction of sp³-hybridized carbons (Fsp3) is 0.462. The normalized spacial score (nSPS) is 10.2. The Labute approximate surface area is 106 Å². The quantitative estimate of drug-likeness (QED) is 0.762. The van der Waals surface area contributed by atoms with Crippen LogP contribution in [0.4, 0.5) is 10.1 Å². The molecule has 0 radical (unpaired) electrons. The van der Waals surface area contributed by atoms with Crippen molar-refractivity contribution in [2.24, 2.45) is 0 Å². The van der Waals surface area contributed by atoms with Gasteiger partial charge in [0.1, 0.15) is 18.2 Å². The van der Waals surface area contributed by atoms with Crippen molar-refractivity contribution in [2.75, 3.05) is 25.1 Å². The van der Waals surface area contributed by atoms with E-state index >= 15 is 0 Å². The lowest BCUT2D eigenvalue weighted by Crippen LogP contribution is -2.19. The molecule has 0 aliphatic heterocycles. The molecule has 0 bridgehead atoms. The van der Waals surface area contributed by atoms with Gasteiger partial charge in [0, 0.05) is 12.7 Å². The second kappa shape index (κ2) is 7.66. The molecule has 0 aliphatic carbocycles. The summed E-state index contributed by atoms with van der Waals surface area (Å²) in [5.41, 5.74) is 0.448. The van der Waals surface area contributed by atoms with Crippen molar-refractivity contribution in [2.45, 2.75) is 20.3 Å². The Balaban J connectivity index is 2.62. The van der Waals surface area contributed by atoms with Crippen LogP contribution >= 0.6 is 0 Å². The number of carbonyl (C=O) groups excluding carboxylic acids is 1. The smallest absolute Gasteiger partial charge is 0.250 e. The molecule has 5 heteroatoms. The first kappa shape index (κ1) is 14.4. The van der Waals surface area contributed by atoms with Crippen molar-refractivity contribution in [3.8, 4) is 5.75 Å². The molecule has 1 aromatic rings. The van der Waals surface area contributed by atoms with Crippen LogP contribution in [0.15, 0.2) is 18.2 Å². The maximum Gasteiger partial charge on any atom is 0.250 e. The molecule has 1 N–H and O–H groups in total. The van der Waals surface area contributed by atoms with Gasteiger partial charge in [0.15, 0.2) is 0 Å². The number of anilines is 1. The predicted octanol–water partition coefficient (Wildman–Crippen LogP) is 2.59. The van der Waals surface area contributed by atoms with Crippen LogP contribution in [0, 0.1) is 5.82 Å². The summed E-state index contributed by atoms with van der Waals surface area (Å²) in [5.74, 6) is -0.365. The minimum absolute atomic E-state index is 0.0171. The highest BCUT2D eigenvalue weighted by atomic mass is 19.1. The van der Waals surface area contributed by atoms with Gasteiger partial charge in [-0.2, -0.15) is 0 Å². The highest BCUT2D eigenvalue weighted by Gasteiger charge is 2.09. The Morgan fingerprint density at radius 3 is 2.83 bits per heavy atom. The van der Waals surface area contributed by atoms with E-state index in [0.717, 1.165) is 6.42 Å². The van der Waals surface area contributed by atoms with E-state index in [1.807, 2.05) is 6.92 Å². The second-order valence-corrected chi connectivity index (χ2v) is 3.67. The number of nitrogens with one attached hydrogen (secondary N) is 1. The first-order chi connectivity index (χ1) is 8.67. The van der Waals surface area contributed by atoms with Gasteiger partial charge in [-0.15, -0.1) is 0 Å². The van der Waals surface area contributed by atoms with Gasteiger partial charge >= 0.3 is 0 Å². The molecule has 0 spiro atoms. The molecule has 4 nitrogen and oxygen atoms in total. The van der Waals surface area contributed by atoms with E-state index in [1.165, 1.54) is 18.2 Å². The van der Waals surface area contributed by atoms with E-state index in [0.29, 0.717) is 24.7 Å². The molecule has 0 saturated heterocycles. The Kier molecular flexibility index (Phi) is 6.14. The minimum atomic E-state index is -0.404. The fourth-order valence-electron chi connectivity index (χ4n) is 1.37. The van der Waals surface area contributed by atoms with E-state index in [4.69, 9.17) is 9.47 Å². The Morgan fingerprint density at radius 1 is 1.39 bits per heavy atom. The lowest BCUT2D eigenvalue weighted by Gasteiger charge is -2.11. The summed E-state index contributed by atoms with van der Waals surface area (Å²) in [5, 5.41) is 2.63. The molecule has 100 valence electrons. The average molecular weight is 255 g/mol. The van der Waals surface area contributed by atoms with E-state index in [-0.39, 0.29) is 12.5 Å². The molecular weight excluding hydrogens is 237 g/mol. The number of benzene rings is 1. The largest absolute Gasteiger partial charge is 0.492 e. The maximum atomic E-state index is 13.0. The monoisotopic (exact) mass is 255 g/mol. The lowest BCUT2D eigenvalue weighted by molar-refractivity contribution is -0.120. The van der Waals surface area contributed by atoms with Crippen molar-refractivity contribution in [3.05, 3.63) is 24.0 Å². The molecule has 1 rings (SSSR count). The fourth-order valence-corrected chi connectivity index (χ4v) is 1.37. The van der Waals surface area contributed by atoms with Gasteiger partial charge in [-0.05, 0) is 25.5 Å². The molecule has 0 aromatic heterocycles. The van der Waals surface area contributed by atoms with Crippen LogP contribution in [-0.2, 0) is 9.53 Å². The highest BCUT2D eigenvalue weighted by molar-refractivity contribution is 5.93. The average Bonchev–Trinajstić information content (AvgIpc) is 2.33. The molecule has 0 unspecified atom stereocenters. The first-order valence-corrected chi connectivity index (χ1v) is 5.97. The second-order valence-electron chi connectivity index (χ2n) is 3.67. The zero-order valence-electron chi connectivity index (χ0n) is 10.7. The Hall–Kier alpha value is -1.62. The minimum Gasteiger partial charge on any atom is -0.492 e.